The fourth-order valence-electron chi connectivity index (χ4n) is 5.10. The van der Waals surface area contributed by atoms with Gasteiger partial charge in [0.15, 0.2) is 0 Å². The first-order valence-corrected chi connectivity index (χ1v) is 8.40. The summed E-state index contributed by atoms with van der Waals surface area (Å²) >= 11 is 0. The van der Waals surface area contributed by atoms with E-state index in [2.05, 4.69) is 10.6 Å². The number of hydrogen-bond donors (Lipinski definition) is 2. The molecule has 2 N–H and O–H groups in total. The van der Waals surface area contributed by atoms with Gasteiger partial charge in [-0.15, -0.1) is 0 Å². The van der Waals surface area contributed by atoms with Crippen molar-refractivity contribution in [2.45, 2.75) is 58.4 Å². The number of carbonyl (C=O) groups excluding carboxylic acids is 2. The Hall–Kier alpha value is -1.06. The van der Waals surface area contributed by atoms with E-state index in [-0.39, 0.29) is 29.8 Å². The lowest BCUT2D eigenvalue weighted by Crippen LogP contribution is -2.53. The Morgan fingerprint density at radius 1 is 0.952 bits per heavy atom. The highest BCUT2D eigenvalue weighted by molar-refractivity contribution is 5.86. The maximum atomic E-state index is 12.5. The van der Waals surface area contributed by atoms with Crippen LogP contribution in [0, 0.1) is 29.6 Å². The van der Waals surface area contributed by atoms with E-state index in [9.17, 15) is 9.59 Å². The van der Waals surface area contributed by atoms with Crippen LogP contribution in [0.25, 0.3) is 0 Å². The monoisotopic (exact) mass is 292 g/mol. The van der Waals surface area contributed by atoms with E-state index in [1.807, 2.05) is 20.8 Å². The molecule has 21 heavy (non-hydrogen) atoms. The fourth-order valence-corrected chi connectivity index (χ4v) is 5.10. The van der Waals surface area contributed by atoms with Gasteiger partial charge < -0.3 is 10.6 Å². The number of rotatable bonds is 3. The standard InChI is InChI=1S/C17H28N2O2/c1-17(2,3)19-14(20)9-18-16(21)15-12-5-10-4-11(7-12)8-13(15)6-10/h10-13,15H,4-9H2,1-3H3,(H,18,21)(H,19,20). The highest BCUT2D eigenvalue weighted by Crippen LogP contribution is 2.56. The first-order chi connectivity index (χ1) is 9.82. The molecule has 4 aliphatic carbocycles. The predicted molar refractivity (Wildman–Crippen MR) is 81.4 cm³/mol. The van der Waals surface area contributed by atoms with E-state index in [1.54, 1.807) is 0 Å². The molecule has 0 saturated heterocycles. The molecule has 0 aromatic rings. The summed E-state index contributed by atoms with van der Waals surface area (Å²) in [4.78, 5) is 24.3. The summed E-state index contributed by atoms with van der Waals surface area (Å²) in [6.07, 6.45) is 6.34. The Labute approximate surface area is 127 Å². The first kappa shape index (κ1) is 14.9. The topological polar surface area (TPSA) is 58.2 Å². The van der Waals surface area contributed by atoms with Crippen LogP contribution in [0.4, 0.5) is 0 Å². The van der Waals surface area contributed by atoms with Crippen LogP contribution in [-0.4, -0.2) is 23.9 Å². The normalized spacial score (nSPS) is 37.4. The van der Waals surface area contributed by atoms with Gasteiger partial charge in [0.05, 0.1) is 6.54 Å². The van der Waals surface area contributed by atoms with E-state index in [4.69, 9.17) is 0 Å². The molecule has 0 aliphatic heterocycles. The summed E-state index contributed by atoms with van der Waals surface area (Å²) in [6.45, 7) is 5.96. The average Bonchev–Trinajstić information content (AvgIpc) is 2.33. The molecule has 4 rings (SSSR count). The number of hydrogen-bond acceptors (Lipinski definition) is 2. The lowest BCUT2D eigenvalue weighted by molar-refractivity contribution is -0.139. The molecule has 4 fully saturated rings. The molecular weight excluding hydrogens is 264 g/mol. The van der Waals surface area contributed by atoms with Crippen molar-refractivity contribution >= 4 is 11.8 Å². The van der Waals surface area contributed by atoms with Crippen molar-refractivity contribution in [3.8, 4) is 0 Å². The van der Waals surface area contributed by atoms with Gasteiger partial charge in [-0.05, 0) is 76.5 Å². The van der Waals surface area contributed by atoms with Gasteiger partial charge in [0.25, 0.3) is 0 Å². The second kappa shape index (κ2) is 5.29. The highest BCUT2D eigenvalue weighted by Gasteiger charge is 2.50. The SMILES string of the molecule is CC(C)(C)NC(=O)CNC(=O)C1C2CC3CC(C2)CC1C3. The first-order valence-electron chi connectivity index (χ1n) is 8.40. The van der Waals surface area contributed by atoms with Gasteiger partial charge in [-0.25, -0.2) is 0 Å². The van der Waals surface area contributed by atoms with Crippen molar-refractivity contribution in [1.29, 1.82) is 0 Å². The molecular formula is C17H28N2O2. The molecule has 4 nitrogen and oxygen atoms in total. The van der Waals surface area contributed by atoms with Gasteiger partial charge in [0, 0.05) is 11.5 Å². The second-order valence-corrected chi connectivity index (χ2v) is 8.47. The third-order valence-electron chi connectivity index (χ3n) is 5.47. The molecule has 4 aliphatic rings. The maximum absolute atomic E-state index is 12.5. The van der Waals surface area contributed by atoms with Crippen LogP contribution in [0.5, 0.6) is 0 Å². The third-order valence-corrected chi connectivity index (χ3v) is 5.47. The van der Waals surface area contributed by atoms with E-state index in [1.165, 1.54) is 32.1 Å². The molecule has 0 radical (unpaired) electrons. The molecule has 0 spiro atoms. The van der Waals surface area contributed by atoms with Crippen molar-refractivity contribution in [1.82, 2.24) is 10.6 Å². The van der Waals surface area contributed by atoms with Crippen LogP contribution in [0.15, 0.2) is 0 Å². The van der Waals surface area contributed by atoms with E-state index in [0.717, 1.165) is 11.8 Å². The van der Waals surface area contributed by atoms with Crippen molar-refractivity contribution in [2.24, 2.45) is 29.6 Å². The minimum atomic E-state index is -0.246. The zero-order valence-electron chi connectivity index (χ0n) is 13.4. The molecule has 2 amide bonds. The van der Waals surface area contributed by atoms with Gasteiger partial charge in [-0.2, -0.15) is 0 Å². The fraction of sp³-hybridized carbons (Fsp3) is 0.882. The smallest absolute Gasteiger partial charge is 0.239 e. The summed E-state index contributed by atoms with van der Waals surface area (Å²) in [7, 11) is 0. The van der Waals surface area contributed by atoms with Crippen molar-refractivity contribution < 1.29 is 9.59 Å². The predicted octanol–water partition coefficient (Wildman–Crippen LogP) is 2.09. The summed E-state index contributed by atoms with van der Waals surface area (Å²) in [5, 5.41) is 5.77. The van der Waals surface area contributed by atoms with Gasteiger partial charge in [0.2, 0.25) is 11.8 Å². The van der Waals surface area contributed by atoms with Crippen LogP contribution >= 0.6 is 0 Å². The Morgan fingerprint density at radius 3 is 1.95 bits per heavy atom. The molecule has 0 aromatic carbocycles. The third kappa shape index (κ3) is 3.24. The maximum Gasteiger partial charge on any atom is 0.239 e. The van der Waals surface area contributed by atoms with E-state index < -0.39 is 0 Å². The Bertz CT molecular complexity index is 411. The summed E-state index contributed by atoms with van der Waals surface area (Å²) in [6, 6.07) is 0. The average molecular weight is 292 g/mol. The Morgan fingerprint density at radius 2 is 1.48 bits per heavy atom. The summed E-state index contributed by atoms with van der Waals surface area (Å²) < 4.78 is 0. The molecule has 0 aromatic heterocycles. The van der Waals surface area contributed by atoms with Crippen molar-refractivity contribution in [2.75, 3.05) is 6.54 Å². The van der Waals surface area contributed by atoms with Gasteiger partial charge in [0.1, 0.15) is 0 Å². The molecule has 0 heterocycles. The second-order valence-electron chi connectivity index (χ2n) is 8.47. The zero-order valence-corrected chi connectivity index (χ0v) is 13.4. The quantitative estimate of drug-likeness (QED) is 0.837. The van der Waals surface area contributed by atoms with Crippen molar-refractivity contribution in [3.63, 3.8) is 0 Å². The van der Waals surface area contributed by atoms with E-state index in [0.29, 0.717) is 11.8 Å². The van der Waals surface area contributed by atoms with Crippen molar-refractivity contribution in [3.05, 3.63) is 0 Å². The van der Waals surface area contributed by atoms with Gasteiger partial charge >= 0.3 is 0 Å². The van der Waals surface area contributed by atoms with Gasteiger partial charge in [-0.3, -0.25) is 9.59 Å². The molecule has 118 valence electrons. The van der Waals surface area contributed by atoms with Crippen LogP contribution in [0.3, 0.4) is 0 Å². The number of carbonyl (C=O) groups is 2. The van der Waals surface area contributed by atoms with E-state index >= 15 is 0 Å². The largest absolute Gasteiger partial charge is 0.350 e. The summed E-state index contributed by atoms with van der Waals surface area (Å²) in [5.41, 5.74) is -0.246. The van der Waals surface area contributed by atoms with Crippen LogP contribution in [0.1, 0.15) is 52.9 Å². The highest BCUT2D eigenvalue weighted by atomic mass is 16.2. The molecule has 4 heteroatoms. The zero-order chi connectivity index (χ0) is 15.2. The Kier molecular flexibility index (Phi) is 3.74. The lowest BCUT2D eigenvalue weighted by atomic mass is 9.51. The lowest BCUT2D eigenvalue weighted by Gasteiger charge is -2.53. The molecule has 0 atom stereocenters. The molecule has 4 saturated carbocycles. The minimum absolute atomic E-state index is 0.0975. The molecule has 4 bridgehead atoms. The van der Waals surface area contributed by atoms with Crippen LogP contribution < -0.4 is 10.6 Å². The number of amides is 2. The minimum Gasteiger partial charge on any atom is -0.350 e. The Balaban J connectivity index is 1.53. The molecule has 0 unspecified atom stereocenters. The summed E-state index contributed by atoms with van der Waals surface area (Å²) in [5.74, 6) is 3.09. The van der Waals surface area contributed by atoms with Crippen LogP contribution in [0.2, 0.25) is 0 Å². The van der Waals surface area contributed by atoms with Gasteiger partial charge in [-0.1, -0.05) is 0 Å². The number of nitrogens with one attached hydrogen (secondary N) is 2. The van der Waals surface area contributed by atoms with Crippen LogP contribution in [-0.2, 0) is 9.59 Å².